The van der Waals surface area contributed by atoms with Gasteiger partial charge in [-0.3, -0.25) is 0 Å². The van der Waals surface area contributed by atoms with Gasteiger partial charge in [-0.1, -0.05) is 47.7 Å². The number of benzene rings is 2. The monoisotopic (exact) mass is 380 g/mol. The molecule has 7 heteroatoms. The molecule has 0 N–H and O–H groups in total. The molecule has 0 radical (unpaired) electrons. The number of fused-ring (bicyclic) bond motifs is 1. The largest absolute Gasteiger partial charge is 0.496 e. The van der Waals surface area contributed by atoms with Gasteiger partial charge in [0.25, 0.3) is 0 Å². The van der Waals surface area contributed by atoms with Crippen LogP contribution in [0.5, 0.6) is 5.75 Å². The first-order chi connectivity index (χ1) is 12.8. The highest BCUT2D eigenvalue weighted by Gasteiger charge is 2.11. The van der Waals surface area contributed by atoms with Crippen LogP contribution in [0.25, 0.3) is 17.1 Å². The molecule has 2 heterocycles. The summed E-state index contributed by atoms with van der Waals surface area (Å²) in [4.78, 5) is 2.00. The molecule has 0 aliphatic rings. The topological polar surface area (TPSA) is 52.3 Å². The quantitative estimate of drug-likeness (QED) is 0.456. The minimum atomic E-state index is 0.727. The fourth-order valence-electron chi connectivity index (χ4n) is 2.46. The number of para-hydroxylation sites is 1. The van der Waals surface area contributed by atoms with Crippen molar-refractivity contribution < 1.29 is 4.74 Å². The Morgan fingerprint density at radius 2 is 1.85 bits per heavy atom. The first-order valence-electron chi connectivity index (χ1n) is 8.03. The van der Waals surface area contributed by atoms with Gasteiger partial charge in [-0.25, -0.2) is 0 Å². The van der Waals surface area contributed by atoms with E-state index in [9.17, 15) is 0 Å². The molecule has 2 aromatic heterocycles. The van der Waals surface area contributed by atoms with Crippen LogP contribution in [0.15, 0.2) is 59.5 Å². The molecular weight excluding hydrogens is 364 g/mol. The fraction of sp³-hybridized carbons (Fsp3) is 0.105. The van der Waals surface area contributed by atoms with E-state index >= 15 is 0 Å². The van der Waals surface area contributed by atoms with Crippen LogP contribution in [-0.2, 0) is 5.75 Å². The van der Waals surface area contributed by atoms with E-state index in [4.69, 9.17) is 4.74 Å². The van der Waals surface area contributed by atoms with Gasteiger partial charge in [0.2, 0.25) is 4.96 Å². The molecule has 0 unspecified atom stereocenters. The number of thioether (sulfide) groups is 1. The van der Waals surface area contributed by atoms with Gasteiger partial charge in [0.15, 0.2) is 5.82 Å². The van der Waals surface area contributed by atoms with Crippen molar-refractivity contribution in [1.82, 2.24) is 19.8 Å². The van der Waals surface area contributed by atoms with Crippen molar-refractivity contribution in [2.75, 3.05) is 7.11 Å². The van der Waals surface area contributed by atoms with Crippen LogP contribution in [0.2, 0.25) is 0 Å². The van der Waals surface area contributed by atoms with Crippen molar-refractivity contribution in [2.45, 2.75) is 10.6 Å². The normalized spacial score (nSPS) is 11.4. The molecule has 0 aliphatic carbocycles. The zero-order valence-corrected chi connectivity index (χ0v) is 15.7. The Balaban J connectivity index is 1.53. The number of methoxy groups -OCH3 is 1. The molecule has 0 atom stereocenters. The highest BCUT2D eigenvalue weighted by atomic mass is 32.2. The minimum absolute atomic E-state index is 0.727. The van der Waals surface area contributed by atoms with Gasteiger partial charge in [-0.05, 0) is 30.4 Å². The molecule has 5 nitrogen and oxygen atoms in total. The van der Waals surface area contributed by atoms with Crippen LogP contribution in [0.1, 0.15) is 16.4 Å². The van der Waals surface area contributed by atoms with Crippen molar-refractivity contribution in [1.29, 1.82) is 0 Å². The molecule has 2 aromatic carbocycles. The van der Waals surface area contributed by atoms with Gasteiger partial charge in [0, 0.05) is 10.5 Å². The van der Waals surface area contributed by atoms with Gasteiger partial charge in [-0.2, -0.15) is 9.61 Å². The Hall–Kier alpha value is -2.64. The van der Waals surface area contributed by atoms with Gasteiger partial charge >= 0.3 is 0 Å². The summed E-state index contributed by atoms with van der Waals surface area (Å²) < 4.78 is 7.19. The number of hydrogen-bond acceptors (Lipinski definition) is 6. The first kappa shape index (κ1) is 16.8. The third kappa shape index (κ3) is 3.63. The van der Waals surface area contributed by atoms with E-state index in [1.54, 1.807) is 18.9 Å². The highest BCUT2D eigenvalue weighted by Crippen LogP contribution is 2.24. The van der Waals surface area contributed by atoms with Gasteiger partial charge in [0.05, 0.1) is 12.9 Å². The Morgan fingerprint density at radius 1 is 1.04 bits per heavy atom. The maximum Gasteiger partial charge on any atom is 0.234 e. The predicted molar refractivity (Wildman–Crippen MR) is 107 cm³/mol. The second-order valence-corrected chi connectivity index (χ2v) is 7.46. The summed E-state index contributed by atoms with van der Waals surface area (Å²) in [6.45, 7) is 0. The van der Waals surface area contributed by atoms with E-state index in [1.807, 2.05) is 59.1 Å². The summed E-state index contributed by atoms with van der Waals surface area (Å²) in [7, 11) is 1.67. The third-order valence-corrected chi connectivity index (χ3v) is 5.60. The smallest absolute Gasteiger partial charge is 0.234 e. The molecule has 0 saturated heterocycles. The minimum Gasteiger partial charge on any atom is -0.496 e. The van der Waals surface area contributed by atoms with Gasteiger partial charge in [0.1, 0.15) is 10.8 Å². The summed E-state index contributed by atoms with van der Waals surface area (Å²) in [6.07, 6.45) is 3.98. The van der Waals surface area contributed by atoms with Crippen LogP contribution in [-0.4, -0.2) is 26.9 Å². The fourth-order valence-corrected chi connectivity index (χ4v) is 4.04. The molecule has 0 saturated carbocycles. The zero-order chi connectivity index (χ0) is 17.8. The lowest BCUT2D eigenvalue weighted by Crippen LogP contribution is -1.93. The first-order valence-corrected chi connectivity index (χ1v) is 9.84. The van der Waals surface area contributed by atoms with E-state index in [-0.39, 0.29) is 0 Å². The molecule has 0 amide bonds. The maximum atomic E-state index is 5.37. The lowest BCUT2D eigenvalue weighted by molar-refractivity contribution is 0.414. The van der Waals surface area contributed by atoms with Crippen molar-refractivity contribution in [3.05, 3.63) is 71.0 Å². The van der Waals surface area contributed by atoms with Crippen molar-refractivity contribution >= 4 is 40.2 Å². The van der Waals surface area contributed by atoms with Crippen LogP contribution in [0, 0.1) is 0 Å². The van der Waals surface area contributed by atoms with E-state index in [0.29, 0.717) is 0 Å². The Bertz CT molecular complexity index is 1040. The number of ether oxygens (including phenoxy) is 1. The Morgan fingerprint density at radius 3 is 2.69 bits per heavy atom. The van der Waals surface area contributed by atoms with Crippen LogP contribution in [0.3, 0.4) is 0 Å². The van der Waals surface area contributed by atoms with E-state index < -0.39 is 0 Å². The highest BCUT2D eigenvalue weighted by molar-refractivity contribution is 7.98. The van der Waals surface area contributed by atoms with Crippen LogP contribution in [0.4, 0.5) is 0 Å². The standard InChI is InChI=1S/C19H16N4OS2/c1-24-16-10-6-5-7-14(16)11-12-18-22-23-17(20-21-19(23)26-18)13-25-15-8-3-2-4-9-15/h2-12H,13H2,1H3/b12-11-. The Labute approximate surface area is 159 Å². The van der Waals surface area contributed by atoms with E-state index in [1.165, 1.54) is 16.2 Å². The summed E-state index contributed by atoms with van der Waals surface area (Å²) in [5, 5.41) is 14.0. The second kappa shape index (κ2) is 7.72. The molecule has 130 valence electrons. The van der Waals surface area contributed by atoms with Crippen molar-refractivity contribution in [2.24, 2.45) is 0 Å². The Kier molecular flexibility index (Phi) is 4.99. The number of hydrogen-bond donors (Lipinski definition) is 0. The summed E-state index contributed by atoms with van der Waals surface area (Å²) in [6, 6.07) is 18.2. The van der Waals surface area contributed by atoms with E-state index in [2.05, 4.69) is 27.4 Å². The molecule has 26 heavy (non-hydrogen) atoms. The van der Waals surface area contributed by atoms with Gasteiger partial charge < -0.3 is 4.74 Å². The maximum absolute atomic E-state index is 5.37. The van der Waals surface area contributed by atoms with Crippen LogP contribution < -0.4 is 4.74 Å². The average molecular weight is 380 g/mol. The third-order valence-electron chi connectivity index (χ3n) is 3.73. The van der Waals surface area contributed by atoms with Crippen LogP contribution >= 0.6 is 23.1 Å². The summed E-state index contributed by atoms with van der Waals surface area (Å²) in [5.74, 6) is 2.42. The number of rotatable bonds is 6. The van der Waals surface area contributed by atoms with E-state index in [0.717, 1.165) is 32.9 Å². The van der Waals surface area contributed by atoms with Crippen molar-refractivity contribution in [3.63, 3.8) is 0 Å². The molecule has 0 bridgehead atoms. The number of aromatic nitrogens is 4. The lowest BCUT2D eigenvalue weighted by Gasteiger charge is -2.02. The van der Waals surface area contributed by atoms with Crippen molar-refractivity contribution in [3.8, 4) is 5.75 Å². The average Bonchev–Trinajstić information content (AvgIpc) is 3.26. The molecule has 4 aromatic rings. The summed E-state index contributed by atoms with van der Waals surface area (Å²) in [5.41, 5.74) is 1.01. The molecule has 0 spiro atoms. The number of nitrogens with zero attached hydrogens (tertiary/aromatic N) is 4. The molecule has 4 rings (SSSR count). The second-order valence-electron chi connectivity index (χ2n) is 5.43. The van der Waals surface area contributed by atoms with Gasteiger partial charge in [-0.15, -0.1) is 22.0 Å². The molecular formula is C19H16N4OS2. The summed E-state index contributed by atoms with van der Waals surface area (Å²) >= 11 is 3.24. The lowest BCUT2D eigenvalue weighted by atomic mass is 10.2. The SMILES string of the molecule is COc1ccccc1/C=C\c1nn2c(CSc3ccccc3)nnc2s1. The molecule has 0 fully saturated rings. The zero-order valence-electron chi connectivity index (χ0n) is 14.1. The predicted octanol–water partition coefficient (Wildman–Crippen LogP) is 4.66. The molecule has 0 aliphatic heterocycles.